The Bertz CT molecular complexity index is 699. The number of aromatic nitrogens is 1. The first-order chi connectivity index (χ1) is 11.5. The summed E-state index contributed by atoms with van der Waals surface area (Å²) < 4.78 is 5.15. The predicted octanol–water partition coefficient (Wildman–Crippen LogP) is 1.70. The van der Waals surface area contributed by atoms with Crippen molar-refractivity contribution in [2.24, 2.45) is 0 Å². The molecule has 0 bridgehead atoms. The van der Waals surface area contributed by atoms with Crippen LogP contribution >= 0.6 is 12.2 Å². The minimum Gasteiger partial charge on any atom is -0.361 e. The second-order valence-corrected chi connectivity index (χ2v) is 7.04. The van der Waals surface area contributed by atoms with E-state index < -0.39 is 0 Å². The van der Waals surface area contributed by atoms with E-state index in [1.54, 1.807) is 0 Å². The van der Waals surface area contributed by atoms with Crippen LogP contribution in [-0.2, 0) is 6.54 Å². The summed E-state index contributed by atoms with van der Waals surface area (Å²) in [6, 6.07) is 8.45. The first-order valence-corrected chi connectivity index (χ1v) is 8.80. The fourth-order valence-corrected chi connectivity index (χ4v) is 3.51. The van der Waals surface area contributed by atoms with E-state index in [-0.39, 0.29) is 0 Å². The van der Waals surface area contributed by atoms with Crippen LogP contribution in [0.2, 0.25) is 0 Å². The summed E-state index contributed by atoms with van der Waals surface area (Å²) in [7, 11) is 0. The standard InChI is InChI=1S/C18H24N4OS/c1-13-8-14(2)10-16(9-13)19-18(24)22-6-4-21(5-7-22)12-17-11-15(3)23-20-17/h8-11H,4-7,12H2,1-3H3,(H,19,24)/p+1. The lowest BCUT2D eigenvalue weighted by molar-refractivity contribution is -0.917. The van der Waals surface area contributed by atoms with Crippen molar-refractivity contribution in [2.45, 2.75) is 27.3 Å². The zero-order valence-electron chi connectivity index (χ0n) is 14.6. The summed E-state index contributed by atoms with van der Waals surface area (Å²) in [4.78, 5) is 3.78. The first-order valence-electron chi connectivity index (χ1n) is 8.39. The van der Waals surface area contributed by atoms with E-state index in [1.807, 2.05) is 13.0 Å². The average molecular weight is 345 g/mol. The maximum absolute atomic E-state index is 5.59. The summed E-state index contributed by atoms with van der Waals surface area (Å²) in [5.74, 6) is 0.877. The Morgan fingerprint density at radius 3 is 2.42 bits per heavy atom. The van der Waals surface area contributed by atoms with Gasteiger partial charge >= 0.3 is 0 Å². The van der Waals surface area contributed by atoms with Crippen molar-refractivity contribution in [3.8, 4) is 0 Å². The van der Waals surface area contributed by atoms with E-state index in [0.29, 0.717) is 0 Å². The highest BCUT2D eigenvalue weighted by Gasteiger charge is 2.22. The van der Waals surface area contributed by atoms with Crippen LogP contribution in [0.15, 0.2) is 28.8 Å². The van der Waals surface area contributed by atoms with E-state index in [2.05, 4.69) is 47.4 Å². The molecule has 128 valence electrons. The van der Waals surface area contributed by atoms with Gasteiger partial charge in [-0.15, -0.1) is 0 Å². The molecule has 0 spiro atoms. The molecule has 6 heteroatoms. The lowest BCUT2D eigenvalue weighted by Gasteiger charge is -2.33. The van der Waals surface area contributed by atoms with Gasteiger partial charge in [0.25, 0.3) is 0 Å². The number of nitrogens with one attached hydrogen (secondary N) is 2. The topological polar surface area (TPSA) is 45.7 Å². The predicted molar refractivity (Wildman–Crippen MR) is 99.4 cm³/mol. The van der Waals surface area contributed by atoms with Gasteiger partial charge in [0, 0.05) is 11.8 Å². The summed E-state index contributed by atoms with van der Waals surface area (Å²) in [5, 5.41) is 8.29. The van der Waals surface area contributed by atoms with Crippen LogP contribution in [0.1, 0.15) is 22.6 Å². The number of nitrogens with zero attached hydrogens (tertiary/aromatic N) is 2. The Labute approximate surface area is 148 Å². The molecule has 1 aliphatic heterocycles. The second-order valence-electron chi connectivity index (χ2n) is 6.65. The number of piperazine rings is 1. The molecule has 0 unspecified atom stereocenters. The fourth-order valence-electron chi connectivity index (χ4n) is 3.21. The van der Waals surface area contributed by atoms with Crippen molar-refractivity contribution in [3.63, 3.8) is 0 Å². The minimum atomic E-state index is 0.816. The summed E-state index contributed by atoms with van der Waals surface area (Å²) in [5.41, 5.74) is 4.60. The quantitative estimate of drug-likeness (QED) is 0.829. The number of anilines is 1. The van der Waals surface area contributed by atoms with Crippen molar-refractivity contribution in [1.82, 2.24) is 10.1 Å². The molecule has 0 atom stereocenters. The molecule has 3 rings (SSSR count). The molecular formula is C18H25N4OS+. The van der Waals surface area contributed by atoms with Crippen LogP contribution in [0.4, 0.5) is 5.69 Å². The van der Waals surface area contributed by atoms with E-state index in [4.69, 9.17) is 16.7 Å². The third kappa shape index (κ3) is 4.33. The fraction of sp³-hybridized carbons (Fsp3) is 0.444. The molecule has 1 aliphatic rings. The number of quaternary nitrogens is 1. The van der Waals surface area contributed by atoms with Crippen LogP contribution in [0.3, 0.4) is 0 Å². The zero-order valence-corrected chi connectivity index (χ0v) is 15.4. The number of rotatable bonds is 3. The average Bonchev–Trinajstić information content (AvgIpc) is 2.92. The van der Waals surface area contributed by atoms with Gasteiger partial charge in [-0.05, 0) is 56.2 Å². The molecule has 1 fully saturated rings. The largest absolute Gasteiger partial charge is 0.361 e. The van der Waals surface area contributed by atoms with Gasteiger partial charge in [-0.2, -0.15) is 0 Å². The molecule has 0 saturated carbocycles. The Balaban J connectivity index is 1.51. The third-order valence-corrected chi connectivity index (χ3v) is 4.70. The van der Waals surface area contributed by atoms with E-state index in [1.165, 1.54) is 16.0 Å². The molecular weight excluding hydrogens is 320 g/mol. The maximum atomic E-state index is 5.59. The third-order valence-electron chi connectivity index (χ3n) is 4.34. The zero-order chi connectivity index (χ0) is 17.1. The van der Waals surface area contributed by atoms with Crippen LogP contribution in [-0.4, -0.2) is 41.3 Å². The molecule has 1 aromatic heterocycles. The van der Waals surface area contributed by atoms with Crippen molar-refractivity contribution >= 4 is 23.0 Å². The second kappa shape index (κ2) is 7.32. The molecule has 0 amide bonds. The highest BCUT2D eigenvalue weighted by Crippen LogP contribution is 2.14. The normalized spacial score (nSPS) is 15.5. The van der Waals surface area contributed by atoms with Crippen LogP contribution < -0.4 is 10.2 Å². The number of hydrogen-bond acceptors (Lipinski definition) is 3. The van der Waals surface area contributed by atoms with Gasteiger partial charge in [0.2, 0.25) is 0 Å². The van der Waals surface area contributed by atoms with Gasteiger partial charge in [-0.25, -0.2) is 0 Å². The highest BCUT2D eigenvalue weighted by molar-refractivity contribution is 7.80. The van der Waals surface area contributed by atoms with Crippen molar-refractivity contribution < 1.29 is 9.42 Å². The Hall–Kier alpha value is -1.92. The summed E-state index contributed by atoms with van der Waals surface area (Å²) >= 11 is 5.59. The molecule has 1 aromatic carbocycles. The number of hydrogen-bond donors (Lipinski definition) is 2. The molecule has 1 saturated heterocycles. The number of thiocarbonyl (C=S) groups is 1. The molecule has 2 N–H and O–H groups in total. The van der Waals surface area contributed by atoms with Gasteiger partial charge in [-0.3, -0.25) is 0 Å². The first kappa shape index (κ1) is 16.9. The van der Waals surface area contributed by atoms with Gasteiger partial charge < -0.3 is 19.6 Å². The molecule has 5 nitrogen and oxygen atoms in total. The highest BCUT2D eigenvalue weighted by atomic mass is 32.1. The maximum Gasteiger partial charge on any atom is 0.173 e. The van der Waals surface area contributed by atoms with Gasteiger partial charge in [0.1, 0.15) is 18.0 Å². The van der Waals surface area contributed by atoms with Crippen LogP contribution in [0.25, 0.3) is 0 Å². The molecule has 0 radical (unpaired) electrons. The van der Waals surface area contributed by atoms with Crippen molar-refractivity contribution in [1.29, 1.82) is 0 Å². The Morgan fingerprint density at radius 2 is 1.83 bits per heavy atom. The molecule has 0 aliphatic carbocycles. The van der Waals surface area contributed by atoms with E-state index in [9.17, 15) is 0 Å². The monoisotopic (exact) mass is 345 g/mol. The smallest absolute Gasteiger partial charge is 0.173 e. The Morgan fingerprint density at radius 1 is 1.17 bits per heavy atom. The minimum absolute atomic E-state index is 0.816. The Kier molecular flexibility index (Phi) is 5.16. The molecule has 2 aromatic rings. The van der Waals surface area contributed by atoms with Crippen molar-refractivity contribution in [3.05, 3.63) is 46.8 Å². The molecule has 2 heterocycles. The lowest BCUT2D eigenvalue weighted by Crippen LogP contribution is -3.13. The summed E-state index contributed by atoms with van der Waals surface area (Å²) in [6.07, 6.45) is 0. The van der Waals surface area contributed by atoms with E-state index >= 15 is 0 Å². The van der Waals surface area contributed by atoms with E-state index in [0.717, 1.165) is 55.0 Å². The number of aryl methyl sites for hydroxylation is 3. The van der Waals surface area contributed by atoms with Gasteiger partial charge in [-0.1, -0.05) is 11.2 Å². The lowest BCUT2D eigenvalue weighted by atomic mass is 10.1. The van der Waals surface area contributed by atoms with Gasteiger partial charge in [0.05, 0.1) is 26.2 Å². The van der Waals surface area contributed by atoms with Crippen LogP contribution in [0, 0.1) is 20.8 Å². The SMILES string of the molecule is Cc1cc(C)cc(NC(=S)N2CC[NH+](Cc3cc(C)on3)CC2)c1. The summed E-state index contributed by atoms with van der Waals surface area (Å²) in [6.45, 7) is 11.1. The van der Waals surface area contributed by atoms with Crippen LogP contribution in [0.5, 0.6) is 0 Å². The van der Waals surface area contributed by atoms with Gasteiger partial charge in [0.15, 0.2) is 5.11 Å². The molecule has 24 heavy (non-hydrogen) atoms. The number of benzene rings is 1. The van der Waals surface area contributed by atoms with Crippen molar-refractivity contribution in [2.75, 3.05) is 31.5 Å².